The van der Waals surface area contributed by atoms with Crippen LogP contribution in [0.1, 0.15) is 18.5 Å². The highest BCUT2D eigenvalue weighted by Crippen LogP contribution is 2.35. The average Bonchev–Trinajstić information content (AvgIpc) is 2.67. The smallest absolute Gasteiger partial charge is 0.319 e. The highest BCUT2D eigenvalue weighted by molar-refractivity contribution is 14.1. The van der Waals surface area contributed by atoms with Crippen LogP contribution in [0.15, 0.2) is 66.4 Å². The topological polar surface area (TPSA) is 79.5 Å². The van der Waals surface area contributed by atoms with Crippen LogP contribution in [0, 0.1) is 7.14 Å². The molecule has 0 aliphatic carbocycles. The van der Waals surface area contributed by atoms with Gasteiger partial charge in [0.15, 0.2) is 0 Å². The predicted molar refractivity (Wildman–Crippen MR) is 130 cm³/mol. The second kappa shape index (κ2) is 9.61. The first kappa shape index (κ1) is 21.6. The Kier molecular flexibility index (Phi) is 7.17. The van der Waals surface area contributed by atoms with Crippen molar-refractivity contribution in [2.45, 2.75) is 13.0 Å². The number of hydrogen-bond donors (Lipinski definition) is 3. The number of halogens is 2. The molecule has 8 heteroatoms. The van der Waals surface area contributed by atoms with Gasteiger partial charge in [-0.3, -0.25) is 4.79 Å². The van der Waals surface area contributed by atoms with Gasteiger partial charge in [0, 0.05) is 11.4 Å². The van der Waals surface area contributed by atoms with Gasteiger partial charge in [0.1, 0.15) is 12.4 Å². The Morgan fingerprint density at radius 2 is 1.90 bits per heavy atom. The fourth-order valence-electron chi connectivity index (χ4n) is 2.99. The first-order valence-electron chi connectivity index (χ1n) is 8.78. The van der Waals surface area contributed by atoms with Crippen LogP contribution in [0.2, 0.25) is 0 Å². The van der Waals surface area contributed by atoms with Gasteiger partial charge in [-0.1, -0.05) is 30.9 Å². The van der Waals surface area contributed by atoms with Crippen molar-refractivity contribution in [2.75, 3.05) is 11.9 Å². The fraction of sp³-hybridized carbons (Fsp3) is 0.143. The van der Waals surface area contributed by atoms with Crippen molar-refractivity contribution in [3.63, 3.8) is 0 Å². The summed E-state index contributed by atoms with van der Waals surface area (Å²) >= 11 is 4.38. The van der Waals surface area contributed by atoms with Crippen LogP contribution in [-0.4, -0.2) is 18.5 Å². The van der Waals surface area contributed by atoms with Crippen LogP contribution < -0.4 is 20.7 Å². The molecule has 2 aromatic carbocycles. The number of ether oxygens (including phenoxy) is 1. The Bertz CT molecular complexity index is 967. The Morgan fingerprint density at radius 1 is 1.24 bits per heavy atom. The molecule has 0 aromatic heterocycles. The molecule has 1 atom stereocenters. The van der Waals surface area contributed by atoms with Crippen molar-refractivity contribution in [1.29, 1.82) is 0 Å². The number of allylic oxidation sites excluding steroid dienone is 1. The number of amides is 3. The van der Waals surface area contributed by atoms with Crippen LogP contribution >= 0.6 is 45.2 Å². The number of carbonyl (C=O) groups excluding carboxylic acids is 2. The van der Waals surface area contributed by atoms with Crippen molar-refractivity contribution in [3.8, 4) is 5.75 Å². The summed E-state index contributed by atoms with van der Waals surface area (Å²) in [6.07, 6.45) is 1.69. The molecular formula is C21H19I2N3O3. The Balaban J connectivity index is 1.97. The van der Waals surface area contributed by atoms with Gasteiger partial charge in [0.05, 0.1) is 18.8 Å². The minimum Gasteiger partial charge on any atom is -0.487 e. The van der Waals surface area contributed by atoms with E-state index in [9.17, 15) is 9.59 Å². The molecule has 1 aliphatic heterocycles. The third-order valence-electron chi connectivity index (χ3n) is 4.24. The molecule has 29 heavy (non-hydrogen) atoms. The van der Waals surface area contributed by atoms with E-state index in [1.54, 1.807) is 13.0 Å². The first-order chi connectivity index (χ1) is 13.9. The van der Waals surface area contributed by atoms with Gasteiger partial charge < -0.3 is 20.7 Å². The standard InChI is InChI=1S/C21H19I2N3O3/c1-3-9-29-19-15(22)10-13(11-16(19)23)18-17(12(2)24-21(28)26-18)20(27)25-14-7-5-4-6-8-14/h3-8,10-11,18H,1,9H2,2H3,(H,25,27)(H2,24,26,28). The molecular weight excluding hydrogens is 596 g/mol. The van der Waals surface area contributed by atoms with Crippen molar-refractivity contribution in [1.82, 2.24) is 10.6 Å². The minimum atomic E-state index is -0.581. The monoisotopic (exact) mass is 615 g/mol. The van der Waals surface area contributed by atoms with E-state index in [1.807, 2.05) is 42.5 Å². The number of hydrogen-bond acceptors (Lipinski definition) is 3. The summed E-state index contributed by atoms with van der Waals surface area (Å²) in [5, 5.41) is 8.46. The predicted octanol–water partition coefficient (Wildman–Crippen LogP) is 4.73. The zero-order chi connectivity index (χ0) is 21.0. The molecule has 0 radical (unpaired) electrons. The maximum atomic E-state index is 13.0. The highest BCUT2D eigenvalue weighted by Gasteiger charge is 2.32. The summed E-state index contributed by atoms with van der Waals surface area (Å²) in [6.45, 7) is 5.80. The summed E-state index contributed by atoms with van der Waals surface area (Å²) in [7, 11) is 0. The van der Waals surface area contributed by atoms with Crippen molar-refractivity contribution >= 4 is 62.8 Å². The van der Waals surface area contributed by atoms with Gasteiger partial charge in [-0.15, -0.1) is 0 Å². The molecule has 1 aliphatic rings. The molecule has 0 saturated heterocycles. The van der Waals surface area contributed by atoms with Crippen molar-refractivity contribution in [3.05, 3.63) is 79.1 Å². The van der Waals surface area contributed by atoms with Gasteiger partial charge in [0.2, 0.25) is 0 Å². The number of carbonyl (C=O) groups is 2. The lowest BCUT2D eigenvalue weighted by Crippen LogP contribution is -2.46. The third-order valence-corrected chi connectivity index (χ3v) is 5.85. The van der Waals surface area contributed by atoms with E-state index in [-0.39, 0.29) is 11.9 Å². The zero-order valence-corrected chi connectivity index (χ0v) is 19.9. The number of benzene rings is 2. The number of urea groups is 1. The summed E-state index contributed by atoms with van der Waals surface area (Å²) in [6, 6.07) is 12.1. The van der Waals surface area contributed by atoms with Crippen LogP contribution in [0.5, 0.6) is 5.75 Å². The molecule has 0 bridgehead atoms. The van der Waals surface area contributed by atoms with E-state index in [4.69, 9.17) is 4.74 Å². The molecule has 3 rings (SSSR count). The first-order valence-corrected chi connectivity index (χ1v) is 10.9. The maximum absolute atomic E-state index is 13.0. The lowest BCUT2D eigenvalue weighted by atomic mass is 9.94. The molecule has 2 aromatic rings. The molecule has 6 nitrogen and oxygen atoms in total. The van der Waals surface area contributed by atoms with Crippen molar-refractivity contribution in [2.24, 2.45) is 0 Å². The van der Waals surface area contributed by atoms with E-state index < -0.39 is 6.04 Å². The van der Waals surface area contributed by atoms with E-state index in [2.05, 4.69) is 67.7 Å². The molecule has 1 unspecified atom stereocenters. The van der Waals surface area contributed by atoms with Crippen LogP contribution in [0.25, 0.3) is 0 Å². The van der Waals surface area contributed by atoms with E-state index >= 15 is 0 Å². The Morgan fingerprint density at radius 3 is 2.52 bits per heavy atom. The van der Waals surface area contributed by atoms with Crippen LogP contribution in [-0.2, 0) is 4.79 Å². The molecule has 3 N–H and O–H groups in total. The van der Waals surface area contributed by atoms with Gasteiger partial charge in [-0.2, -0.15) is 0 Å². The Hall–Kier alpha value is -2.08. The number of nitrogens with one attached hydrogen (secondary N) is 3. The number of para-hydroxylation sites is 1. The van der Waals surface area contributed by atoms with Crippen molar-refractivity contribution < 1.29 is 14.3 Å². The quantitative estimate of drug-likeness (QED) is 0.325. The molecule has 150 valence electrons. The van der Waals surface area contributed by atoms with E-state index in [0.29, 0.717) is 23.6 Å². The lowest BCUT2D eigenvalue weighted by Gasteiger charge is -2.29. The molecule has 0 spiro atoms. The normalized spacial score (nSPS) is 16.0. The largest absolute Gasteiger partial charge is 0.487 e. The van der Waals surface area contributed by atoms with Gasteiger partial charge in [-0.25, -0.2) is 4.79 Å². The van der Waals surface area contributed by atoms with Crippen LogP contribution in [0.3, 0.4) is 0 Å². The van der Waals surface area contributed by atoms with Gasteiger partial charge >= 0.3 is 6.03 Å². The van der Waals surface area contributed by atoms with E-state index in [1.165, 1.54) is 0 Å². The Labute approximate surface area is 196 Å². The highest BCUT2D eigenvalue weighted by atomic mass is 127. The zero-order valence-electron chi connectivity index (χ0n) is 15.6. The van der Waals surface area contributed by atoms with Gasteiger partial charge in [0.25, 0.3) is 5.91 Å². The lowest BCUT2D eigenvalue weighted by molar-refractivity contribution is -0.113. The number of rotatable bonds is 6. The second-order valence-corrected chi connectivity index (χ2v) is 8.63. The second-order valence-electron chi connectivity index (χ2n) is 6.30. The summed E-state index contributed by atoms with van der Waals surface area (Å²) in [5.41, 5.74) is 2.46. The SMILES string of the molecule is C=CCOc1c(I)cc(C2NC(=O)NC(C)=C2C(=O)Nc2ccccc2)cc1I. The molecule has 1 heterocycles. The minimum absolute atomic E-state index is 0.275. The molecule has 0 saturated carbocycles. The van der Waals surface area contributed by atoms with Gasteiger partial charge in [-0.05, 0) is 81.9 Å². The summed E-state index contributed by atoms with van der Waals surface area (Å²) < 4.78 is 7.51. The molecule has 3 amide bonds. The molecule has 0 fully saturated rings. The third kappa shape index (κ3) is 5.10. The fourth-order valence-corrected chi connectivity index (χ4v) is 5.12. The average molecular weight is 615 g/mol. The number of anilines is 1. The summed E-state index contributed by atoms with van der Waals surface area (Å²) in [4.78, 5) is 25.2. The maximum Gasteiger partial charge on any atom is 0.319 e. The van der Waals surface area contributed by atoms with Crippen LogP contribution in [0.4, 0.5) is 10.5 Å². The van der Waals surface area contributed by atoms with E-state index in [0.717, 1.165) is 18.5 Å². The summed E-state index contributed by atoms with van der Waals surface area (Å²) in [5.74, 6) is 0.481.